The zero-order chi connectivity index (χ0) is 8.97. The molecule has 0 radical (unpaired) electrons. The molecular weight excluding hydrogens is 156 g/mol. The first-order valence-corrected chi connectivity index (χ1v) is 3.44. The fourth-order valence-corrected chi connectivity index (χ4v) is 0.647. The summed E-state index contributed by atoms with van der Waals surface area (Å²) in [7, 11) is 0. The van der Waals surface area contributed by atoms with E-state index >= 15 is 0 Å². The highest BCUT2D eigenvalue weighted by molar-refractivity contribution is 5.86. The van der Waals surface area contributed by atoms with E-state index in [9.17, 15) is 4.79 Å². The van der Waals surface area contributed by atoms with Crippen LogP contribution < -0.4 is 0 Å². The summed E-state index contributed by atoms with van der Waals surface area (Å²) in [5.74, 6) is 1.90. The zero-order valence-corrected chi connectivity index (χ0v) is 6.61. The van der Waals surface area contributed by atoms with Crippen molar-refractivity contribution in [3.8, 4) is 12.3 Å². The normalized spacial score (nSPS) is 11.7. The van der Waals surface area contributed by atoms with E-state index in [0.29, 0.717) is 0 Å². The molecule has 0 spiro atoms. The first-order valence-electron chi connectivity index (χ1n) is 3.44. The molecule has 1 aromatic heterocycles. The Balaban J connectivity index is 2.57. The van der Waals surface area contributed by atoms with Gasteiger partial charge in [0.05, 0.1) is 6.26 Å². The molecule has 3 nitrogen and oxygen atoms in total. The van der Waals surface area contributed by atoms with Crippen LogP contribution in [0, 0.1) is 12.3 Å². The minimum absolute atomic E-state index is 0.164. The van der Waals surface area contributed by atoms with Crippen molar-refractivity contribution >= 4 is 5.97 Å². The number of furan rings is 1. The van der Waals surface area contributed by atoms with Gasteiger partial charge in [0.25, 0.3) is 0 Å². The highest BCUT2D eigenvalue weighted by Crippen LogP contribution is 2.03. The van der Waals surface area contributed by atoms with E-state index in [4.69, 9.17) is 15.6 Å². The second-order valence-corrected chi connectivity index (χ2v) is 2.19. The lowest BCUT2D eigenvalue weighted by atomic mass is 10.4. The average molecular weight is 164 g/mol. The fourth-order valence-electron chi connectivity index (χ4n) is 0.647. The molecule has 1 atom stereocenters. The molecule has 12 heavy (non-hydrogen) atoms. The molecule has 0 amide bonds. The molecule has 1 heterocycles. The maximum Gasteiger partial charge on any atom is 0.375 e. The van der Waals surface area contributed by atoms with Gasteiger partial charge in [-0.1, -0.05) is 5.92 Å². The maximum atomic E-state index is 11.1. The lowest BCUT2D eigenvalue weighted by molar-refractivity contribution is 0.0402. The van der Waals surface area contributed by atoms with Gasteiger partial charge in [-0.3, -0.25) is 0 Å². The summed E-state index contributed by atoms with van der Waals surface area (Å²) in [6, 6.07) is 3.13. The van der Waals surface area contributed by atoms with Crippen molar-refractivity contribution < 1.29 is 13.9 Å². The molecule has 62 valence electrons. The highest BCUT2D eigenvalue weighted by Gasteiger charge is 2.11. The SMILES string of the molecule is C#CC(C)OC(=O)c1ccco1. The van der Waals surface area contributed by atoms with Gasteiger partial charge in [-0.2, -0.15) is 0 Å². The van der Waals surface area contributed by atoms with Gasteiger partial charge < -0.3 is 9.15 Å². The predicted octanol–water partition coefficient (Wildman–Crippen LogP) is 1.46. The molecule has 3 heteroatoms. The van der Waals surface area contributed by atoms with Crippen molar-refractivity contribution in [2.75, 3.05) is 0 Å². The van der Waals surface area contributed by atoms with Crippen LogP contribution in [0.25, 0.3) is 0 Å². The third-order valence-electron chi connectivity index (χ3n) is 1.24. The number of terminal acetylenes is 1. The molecule has 0 aliphatic carbocycles. The number of ether oxygens (including phenoxy) is 1. The van der Waals surface area contributed by atoms with E-state index in [1.165, 1.54) is 12.3 Å². The lowest BCUT2D eigenvalue weighted by Crippen LogP contribution is -2.12. The largest absolute Gasteiger partial charge is 0.457 e. The first-order chi connectivity index (χ1) is 5.74. The second-order valence-electron chi connectivity index (χ2n) is 2.19. The van der Waals surface area contributed by atoms with E-state index in [2.05, 4.69) is 5.92 Å². The molecule has 1 aromatic rings. The predicted molar refractivity (Wildman–Crippen MR) is 42.4 cm³/mol. The molecule has 0 fully saturated rings. The molecule has 0 bridgehead atoms. The van der Waals surface area contributed by atoms with Crippen LogP contribution in [-0.2, 0) is 4.74 Å². The van der Waals surface area contributed by atoms with E-state index < -0.39 is 12.1 Å². The number of carbonyl (C=O) groups is 1. The van der Waals surface area contributed by atoms with Gasteiger partial charge in [-0.25, -0.2) is 4.79 Å². The van der Waals surface area contributed by atoms with Crippen LogP contribution in [0.3, 0.4) is 0 Å². The Morgan fingerprint density at radius 3 is 3.08 bits per heavy atom. The molecule has 0 aliphatic heterocycles. The van der Waals surface area contributed by atoms with Gasteiger partial charge in [0, 0.05) is 0 Å². The van der Waals surface area contributed by atoms with Crippen LogP contribution in [0.4, 0.5) is 0 Å². The lowest BCUT2D eigenvalue weighted by Gasteiger charge is -2.03. The summed E-state index contributed by atoms with van der Waals surface area (Å²) in [5.41, 5.74) is 0. The van der Waals surface area contributed by atoms with E-state index in [-0.39, 0.29) is 5.76 Å². The minimum Gasteiger partial charge on any atom is -0.457 e. The third kappa shape index (κ3) is 1.89. The molecule has 0 N–H and O–H groups in total. The van der Waals surface area contributed by atoms with Gasteiger partial charge in [0.2, 0.25) is 5.76 Å². The van der Waals surface area contributed by atoms with Crippen molar-refractivity contribution in [3.63, 3.8) is 0 Å². The molecule has 1 rings (SSSR count). The minimum atomic E-state index is -0.537. The zero-order valence-electron chi connectivity index (χ0n) is 6.61. The first kappa shape index (κ1) is 8.41. The number of carbonyl (C=O) groups excluding carboxylic acids is 1. The highest BCUT2D eigenvalue weighted by atomic mass is 16.6. The molecule has 0 aliphatic rings. The topological polar surface area (TPSA) is 39.4 Å². The smallest absolute Gasteiger partial charge is 0.375 e. The van der Waals surface area contributed by atoms with Gasteiger partial charge in [-0.05, 0) is 19.1 Å². The summed E-state index contributed by atoms with van der Waals surface area (Å²) in [4.78, 5) is 11.1. The molecule has 0 saturated heterocycles. The average Bonchev–Trinajstić information content (AvgIpc) is 2.56. The van der Waals surface area contributed by atoms with Crippen LogP contribution in [0.15, 0.2) is 22.8 Å². The van der Waals surface area contributed by atoms with Gasteiger partial charge in [0.15, 0.2) is 6.10 Å². The number of esters is 1. The Morgan fingerprint density at radius 2 is 2.58 bits per heavy atom. The van der Waals surface area contributed by atoms with Crippen molar-refractivity contribution in [2.24, 2.45) is 0 Å². The molecule has 1 unspecified atom stereocenters. The van der Waals surface area contributed by atoms with E-state index in [0.717, 1.165) is 0 Å². The number of hydrogen-bond acceptors (Lipinski definition) is 3. The van der Waals surface area contributed by atoms with Gasteiger partial charge >= 0.3 is 5.97 Å². The summed E-state index contributed by atoms with van der Waals surface area (Å²) < 4.78 is 9.57. The van der Waals surface area contributed by atoms with Crippen LogP contribution >= 0.6 is 0 Å². The third-order valence-corrected chi connectivity index (χ3v) is 1.24. The van der Waals surface area contributed by atoms with Gasteiger partial charge in [-0.15, -0.1) is 6.42 Å². The fraction of sp³-hybridized carbons (Fsp3) is 0.222. The van der Waals surface area contributed by atoms with Crippen LogP contribution in [-0.4, -0.2) is 12.1 Å². The van der Waals surface area contributed by atoms with Crippen LogP contribution in [0.1, 0.15) is 17.5 Å². The molecule has 0 aromatic carbocycles. The van der Waals surface area contributed by atoms with Gasteiger partial charge in [0.1, 0.15) is 0 Å². The Kier molecular flexibility index (Phi) is 2.54. The van der Waals surface area contributed by atoms with E-state index in [1.807, 2.05) is 0 Å². The second kappa shape index (κ2) is 3.63. The van der Waals surface area contributed by atoms with Crippen molar-refractivity contribution in [1.29, 1.82) is 0 Å². The Bertz CT molecular complexity index is 292. The number of hydrogen-bond donors (Lipinski definition) is 0. The Hall–Kier alpha value is -1.69. The Labute approximate surface area is 70.3 Å². The van der Waals surface area contributed by atoms with Crippen molar-refractivity contribution in [1.82, 2.24) is 0 Å². The van der Waals surface area contributed by atoms with Crippen molar-refractivity contribution in [3.05, 3.63) is 24.2 Å². The summed E-state index contributed by atoms with van der Waals surface area (Å²) in [5, 5.41) is 0. The quantitative estimate of drug-likeness (QED) is 0.490. The summed E-state index contributed by atoms with van der Waals surface area (Å²) in [6.07, 6.45) is 5.89. The standard InChI is InChI=1S/C9H8O3/c1-3-7(2)12-9(10)8-5-4-6-11-8/h1,4-7H,2H3. The van der Waals surface area contributed by atoms with Crippen LogP contribution in [0.2, 0.25) is 0 Å². The van der Waals surface area contributed by atoms with Crippen molar-refractivity contribution in [2.45, 2.75) is 13.0 Å². The van der Waals surface area contributed by atoms with Crippen LogP contribution in [0.5, 0.6) is 0 Å². The van der Waals surface area contributed by atoms with E-state index in [1.54, 1.807) is 13.0 Å². The maximum absolute atomic E-state index is 11.1. The monoisotopic (exact) mass is 164 g/mol. The summed E-state index contributed by atoms with van der Waals surface area (Å²) in [6.45, 7) is 1.61. The summed E-state index contributed by atoms with van der Waals surface area (Å²) >= 11 is 0. The number of rotatable bonds is 2. The molecular formula is C9H8O3. The Morgan fingerprint density at radius 1 is 1.83 bits per heavy atom. The molecule has 0 saturated carbocycles.